The summed E-state index contributed by atoms with van der Waals surface area (Å²) in [5, 5.41) is 4.06. The molecule has 0 unspecified atom stereocenters. The van der Waals surface area contributed by atoms with Crippen LogP contribution >= 0.6 is 11.6 Å². The summed E-state index contributed by atoms with van der Waals surface area (Å²) in [6.07, 6.45) is 1.75. The van der Waals surface area contributed by atoms with Crippen LogP contribution in [0.3, 0.4) is 0 Å². The number of nitrogens with zero attached hydrogens (tertiary/aromatic N) is 1. The van der Waals surface area contributed by atoms with Crippen LogP contribution in [-0.2, 0) is 6.54 Å². The summed E-state index contributed by atoms with van der Waals surface area (Å²) in [5.41, 5.74) is 1.00. The van der Waals surface area contributed by atoms with Gasteiger partial charge in [-0.1, -0.05) is 17.7 Å². The zero-order valence-corrected chi connectivity index (χ0v) is 12.7. The molecule has 1 N–H and O–H groups in total. The van der Waals surface area contributed by atoms with Crippen molar-refractivity contribution < 1.29 is 4.74 Å². The Morgan fingerprint density at radius 3 is 2.60 bits per heavy atom. The van der Waals surface area contributed by atoms with E-state index in [0.717, 1.165) is 17.2 Å². The van der Waals surface area contributed by atoms with Crippen LogP contribution in [0.5, 0.6) is 11.5 Å². The Labute approximate surface area is 124 Å². The van der Waals surface area contributed by atoms with Crippen molar-refractivity contribution in [3.8, 4) is 11.5 Å². The Morgan fingerprint density at radius 1 is 1.15 bits per heavy atom. The first-order valence-electron chi connectivity index (χ1n) is 6.56. The molecule has 0 radical (unpaired) electrons. The minimum absolute atomic E-state index is 0.0610. The zero-order chi connectivity index (χ0) is 14.6. The Hall–Kier alpha value is -1.58. The number of benzene rings is 1. The molecule has 2 rings (SSSR count). The lowest BCUT2D eigenvalue weighted by Gasteiger charge is -2.20. The summed E-state index contributed by atoms with van der Waals surface area (Å²) in [6.45, 7) is 7.08. The molecular formula is C16H19ClN2O. The topological polar surface area (TPSA) is 34.1 Å². The van der Waals surface area contributed by atoms with Crippen LogP contribution < -0.4 is 10.1 Å². The van der Waals surface area contributed by atoms with Gasteiger partial charge in [-0.15, -0.1) is 0 Å². The standard InChI is InChI=1S/C16H19ClN2O/c1-16(2,3)19-11-13-10-15(7-8-18-13)20-14-6-4-5-12(17)9-14/h4-10,19H,11H2,1-3H3. The number of pyridine rings is 1. The number of rotatable bonds is 4. The van der Waals surface area contributed by atoms with Crippen molar-refractivity contribution in [1.29, 1.82) is 0 Å². The molecule has 0 aliphatic rings. The van der Waals surface area contributed by atoms with E-state index < -0.39 is 0 Å². The van der Waals surface area contributed by atoms with Crippen molar-refractivity contribution >= 4 is 11.6 Å². The van der Waals surface area contributed by atoms with Crippen LogP contribution in [0.4, 0.5) is 0 Å². The second kappa shape index (κ2) is 6.25. The third-order valence-electron chi connectivity index (χ3n) is 2.62. The molecule has 0 saturated carbocycles. The first kappa shape index (κ1) is 14.8. The molecule has 0 saturated heterocycles. The van der Waals surface area contributed by atoms with Gasteiger partial charge in [0.05, 0.1) is 5.69 Å². The lowest BCUT2D eigenvalue weighted by molar-refractivity contribution is 0.419. The average Bonchev–Trinajstić information content (AvgIpc) is 2.36. The van der Waals surface area contributed by atoms with Gasteiger partial charge < -0.3 is 10.1 Å². The maximum atomic E-state index is 5.94. The lowest BCUT2D eigenvalue weighted by atomic mass is 10.1. The molecule has 4 heteroatoms. The van der Waals surface area contributed by atoms with Crippen molar-refractivity contribution in [2.75, 3.05) is 0 Å². The molecule has 1 aromatic heterocycles. The lowest BCUT2D eigenvalue weighted by Crippen LogP contribution is -2.35. The maximum absolute atomic E-state index is 5.94. The molecule has 0 amide bonds. The van der Waals surface area contributed by atoms with E-state index in [4.69, 9.17) is 16.3 Å². The van der Waals surface area contributed by atoms with Gasteiger partial charge in [-0.25, -0.2) is 0 Å². The van der Waals surface area contributed by atoms with Crippen molar-refractivity contribution in [3.05, 3.63) is 53.3 Å². The molecule has 0 spiro atoms. The highest BCUT2D eigenvalue weighted by Gasteiger charge is 2.09. The molecule has 0 fully saturated rings. The zero-order valence-electron chi connectivity index (χ0n) is 12.0. The molecule has 1 heterocycles. The maximum Gasteiger partial charge on any atom is 0.130 e. The molecule has 0 aliphatic carbocycles. The van der Waals surface area contributed by atoms with E-state index in [1.165, 1.54) is 0 Å². The molecular weight excluding hydrogens is 272 g/mol. The number of nitrogens with one attached hydrogen (secondary N) is 1. The van der Waals surface area contributed by atoms with Gasteiger partial charge in [0, 0.05) is 29.4 Å². The number of ether oxygens (including phenoxy) is 1. The highest BCUT2D eigenvalue weighted by Crippen LogP contribution is 2.24. The van der Waals surface area contributed by atoms with Gasteiger partial charge in [0.25, 0.3) is 0 Å². The van der Waals surface area contributed by atoms with E-state index >= 15 is 0 Å². The predicted octanol–water partition coefficient (Wildman–Crippen LogP) is 4.42. The molecule has 0 atom stereocenters. The molecule has 20 heavy (non-hydrogen) atoms. The van der Waals surface area contributed by atoms with Gasteiger partial charge in [-0.2, -0.15) is 0 Å². The minimum Gasteiger partial charge on any atom is -0.457 e. The summed E-state index contributed by atoms with van der Waals surface area (Å²) in [4.78, 5) is 4.33. The largest absolute Gasteiger partial charge is 0.457 e. The highest BCUT2D eigenvalue weighted by atomic mass is 35.5. The van der Waals surface area contributed by atoms with Crippen LogP contribution in [-0.4, -0.2) is 10.5 Å². The summed E-state index contributed by atoms with van der Waals surface area (Å²) in [5.74, 6) is 1.48. The summed E-state index contributed by atoms with van der Waals surface area (Å²) >= 11 is 5.94. The fraction of sp³-hybridized carbons (Fsp3) is 0.312. The van der Waals surface area contributed by atoms with E-state index in [1.54, 1.807) is 12.3 Å². The fourth-order valence-corrected chi connectivity index (χ4v) is 1.82. The van der Waals surface area contributed by atoms with E-state index in [2.05, 4.69) is 31.1 Å². The van der Waals surface area contributed by atoms with Gasteiger partial charge in [-0.3, -0.25) is 4.98 Å². The Kier molecular flexibility index (Phi) is 4.63. The van der Waals surface area contributed by atoms with Crippen molar-refractivity contribution in [1.82, 2.24) is 10.3 Å². The van der Waals surface area contributed by atoms with Gasteiger partial charge in [0.15, 0.2) is 0 Å². The van der Waals surface area contributed by atoms with Gasteiger partial charge in [-0.05, 0) is 45.0 Å². The second-order valence-electron chi connectivity index (χ2n) is 5.65. The van der Waals surface area contributed by atoms with E-state index in [9.17, 15) is 0 Å². The number of hydrogen-bond acceptors (Lipinski definition) is 3. The molecule has 0 bridgehead atoms. The fourth-order valence-electron chi connectivity index (χ4n) is 1.64. The van der Waals surface area contributed by atoms with Gasteiger partial charge >= 0.3 is 0 Å². The average molecular weight is 291 g/mol. The third-order valence-corrected chi connectivity index (χ3v) is 2.85. The third kappa shape index (κ3) is 4.83. The number of aromatic nitrogens is 1. The van der Waals surface area contributed by atoms with E-state index in [-0.39, 0.29) is 5.54 Å². The quantitative estimate of drug-likeness (QED) is 0.905. The van der Waals surface area contributed by atoms with Gasteiger partial charge in [0.2, 0.25) is 0 Å². The Balaban J connectivity index is 2.06. The first-order chi connectivity index (χ1) is 9.42. The van der Waals surface area contributed by atoms with Crippen LogP contribution in [0.2, 0.25) is 5.02 Å². The number of halogens is 1. The molecule has 0 aliphatic heterocycles. The second-order valence-corrected chi connectivity index (χ2v) is 6.08. The molecule has 3 nitrogen and oxygen atoms in total. The Morgan fingerprint density at radius 2 is 1.90 bits per heavy atom. The molecule has 2 aromatic rings. The van der Waals surface area contributed by atoms with Crippen molar-refractivity contribution in [3.63, 3.8) is 0 Å². The van der Waals surface area contributed by atoms with Crippen LogP contribution in [0.25, 0.3) is 0 Å². The summed E-state index contributed by atoms with van der Waals surface area (Å²) < 4.78 is 5.78. The monoisotopic (exact) mass is 290 g/mol. The van der Waals surface area contributed by atoms with Crippen molar-refractivity contribution in [2.45, 2.75) is 32.9 Å². The normalized spacial score (nSPS) is 11.4. The van der Waals surface area contributed by atoms with E-state index in [0.29, 0.717) is 11.6 Å². The predicted molar refractivity (Wildman–Crippen MR) is 82.4 cm³/mol. The molecule has 1 aromatic carbocycles. The summed E-state index contributed by atoms with van der Waals surface area (Å²) in [6, 6.07) is 11.1. The van der Waals surface area contributed by atoms with E-state index in [1.807, 2.05) is 30.3 Å². The van der Waals surface area contributed by atoms with Crippen LogP contribution in [0.1, 0.15) is 26.5 Å². The molecule has 106 valence electrons. The van der Waals surface area contributed by atoms with Crippen LogP contribution in [0.15, 0.2) is 42.6 Å². The highest BCUT2D eigenvalue weighted by molar-refractivity contribution is 6.30. The smallest absolute Gasteiger partial charge is 0.130 e. The first-order valence-corrected chi connectivity index (χ1v) is 6.93. The Bertz CT molecular complexity index is 579. The summed E-state index contributed by atoms with van der Waals surface area (Å²) in [7, 11) is 0. The minimum atomic E-state index is 0.0610. The van der Waals surface area contributed by atoms with Gasteiger partial charge in [0.1, 0.15) is 11.5 Å². The van der Waals surface area contributed by atoms with Crippen LogP contribution in [0, 0.1) is 0 Å². The number of hydrogen-bond donors (Lipinski definition) is 1. The van der Waals surface area contributed by atoms with Crippen molar-refractivity contribution in [2.24, 2.45) is 0 Å². The SMILES string of the molecule is CC(C)(C)NCc1cc(Oc2cccc(Cl)c2)ccn1.